The van der Waals surface area contributed by atoms with E-state index in [0.717, 1.165) is 70.6 Å². The molecule has 0 aromatic heterocycles. The van der Waals surface area contributed by atoms with E-state index in [9.17, 15) is 14.4 Å². The Balaban J connectivity index is 4.11. The van der Waals surface area contributed by atoms with Crippen molar-refractivity contribution in [1.82, 2.24) is 0 Å². The second-order valence-electron chi connectivity index (χ2n) is 24.1. The Bertz CT molecular complexity index is 1260. The molecule has 0 amide bonds. The van der Waals surface area contributed by atoms with Gasteiger partial charge in [-0.3, -0.25) is 14.4 Å². The van der Waals surface area contributed by atoms with Gasteiger partial charge in [0.1, 0.15) is 13.2 Å². The summed E-state index contributed by atoms with van der Waals surface area (Å²) in [7, 11) is 0. The fraction of sp³-hybridized carbons (Fsp3) is 0.903. The van der Waals surface area contributed by atoms with Gasteiger partial charge < -0.3 is 14.2 Å². The molecule has 1 unspecified atom stereocenters. The summed E-state index contributed by atoms with van der Waals surface area (Å²) in [4.78, 5) is 38.3. The molecule has 0 aromatic rings. The van der Waals surface area contributed by atoms with Crippen LogP contribution in [0.4, 0.5) is 0 Å². The smallest absolute Gasteiger partial charge is 0.306 e. The highest BCUT2D eigenvalue weighted by Gasteiger charge is 2.19. The summed E-state index contributed by atoms with van der Waals surface area (Å²) >= 11 is 0. The minimum Gasteiger partial charge on any atom is -0.462 e. The molecule has 6 nitrogen and oxygen atoms in total. The van der Waals surface area contributed by atoms with Crippen LogP contribution in [0.2, 0.25) is 0 Å². The zero-order valence-electron chi connectivity index (χ0n) is 53.0. The Morgan fingerprint density at radius 3 is 0.654 bits per heavy atom. The van der Waals surface area contributed by atoms with Crippen LogP contribution in [0.3, 0.4) is 0 Å². The van der Waals surface area contributed by atoms with E-state index in [1.165, 1.54) is 289 Å². The van der Waals surface area contributed by atoms with Crippen LogP contribution in [0.1, 0.15) is 400 Å². The van der Waals surface area contributed by atoms with Crippen LogP contribution in [0, 0.1) is 0 Å². The topological polar surface area (TPSA) is 78.9 Å². The molecule has 0 bridgehead atoms. The third-order valence-corrected chi connectivity index (χ3v) is 16.2. The number of hydrogen-bond acceptors (Lipinski definition) is 6. The van der Waals surface area contributed by atoms with Crippen molar-refractivity contribution in [2.45, 2.75) is 406 Å². The molecule has 0 N–H and O–H groups in total. The average Bonchev–Trinajstić information content (AvgIpc) is 3.44. The number of carbonyl (C=O) groups is 3. The van der Waals surface area contributed by atoms with Gasteiger partial charge in [0.25, 0.3) is 0 Å². The van der Waals surface area contributed by atoms with Gasteiger partial charge >= 0.3 is 17.9 Å². The van der Waals surface area contributed by atoms with Crippen molar-refractivity contribution in [3.05, 3.63) is 24.3 Å². The minimum absolute atomic E-state index is 0.0723. The second kappa shape index (κ2) is 67.4. The van der Waals surface area contributed by atoms with Crippen LogP contribution in [0.25, 0.3) is 0 Å². The maximum atomic E-state index is 12.9. The normalized spacial score (nSPS) is 12.1. The van der Waals surface area contributed by atoms with Gasteiger partial charge in [0, 0.05) is 19.3 Å². The van der Waals surface area contributed by atoms with Gasteiger partial charge in [0.15, 0.2) is 6.10 Å². The molecule has 0 rings (SSSR count). The third kappa shape index (κ3) is 64.7. The monoisotopic (exact) mass is 1100 g/mol. The van der Waals surface area contributed by atoms with Crippen molar-refractivity contribution < 1.29 is 28.6 Å². The van der Waals surface area contributed by atoms with E-state index in [-0.39, 0.29) is 31.1 Å². The number of allylic oxidation sites excluding steroid dienone is 4. The highest BCUT2D eigenvalue weighted by molar-refractivity contribution is 5.71. The SMILES string of the molecule is CCCCCC/C=C\CCCCCCCC(=O)OCC(COC(=O)CCCCCCCCCCCCCCCCCCCCCCCCCCCCCCCCC)OC(=O)CCCCCCC/C=C\CCCCCCCCC. The fourth-order valence-corrected chi connectivity index (χ4v) is 10.8. The van der Waals surface area contributed by atoms with Gasteiger partial charge in [-0.25, -0.2) is 0 Å². The van der Waals surface area contributed by atoms with Gasteiger partial charge in [-0.15, -0.1) is 0 Å². The van der Waals surface area contributed by atoms with Crippen molar-refractivity contribution in [1.29, 1.82) is 0 Å². The second-order valence-corrected chi connectivity index (χ2v) is 24.1. The molecule has 0 aliphatic carbocycles. The fourth-order valence-electron chi connectivity index (χ4n) is 10.8. The van der Waals surface area contributed by atoms with Gasteiger partial charge in [-0.1, -0.05) is 334 Å². The number of hydrogen-bond donors (Lipinski definition) is 0. The van der Waals surface area contributed by atoms with E-state index in [1.54, 1.807) is 0 Å². The van der Waals surface area contributed by atoms with E-state index in [2.05, 4.69) is 45.1 Å². The van der Waals surface area contributed by atoms with Crippen LogP contribution in [-0.2, 0) is 28.6 Å². The first-order valence-corrected chi connectivity index (χ1v) is 35.3. The van der Waals surface area contributed by atoms with Crippen molar-refractivity contribution in [3.8, 4) is 0 Å². The molecule has 1 atom stereocenters. The quantitative estimate of drug-likeness (QED) is 0.0261. The van der Waals surface area contributed by atoms with E-state index < -0.39 is 6.10 Å². The molecule has 0 radical (unpaired) electrons. The number of unbranched alkanes of at least 4 members (excludes halogenated alkanes) is 51. The first-order valence-electron chi connectivity index (χ1n) is 35.3. The number of rotatable bonds is 66. The van der Waals surface area contributed by atoms with E-state index >= 15 is 0 Å². The zero-order valence-corrected chi connectivity index (χ0v) is 53.0. The van der Waals surface area contributed by atoms with Crippen LogP contribution in [0.5, 0.6) is 0 Å². The van der Waals surface area contributed by atoms with Crippen molar-refractivity contribution in [2.24, 2.45) is 0 Å². The predicted molar refractivity (Wildman–Crippen MR) is 340 cm³/mol. The molecule has 0 saturated heterocycles. The van der Waals surface area contributed by atoms with Crippen LogP contribution in [0.15, 0.2) is 24.3 Å². The Morgan fingerprint density at radius 2 is 0.423 bits per heavy atom. The molecule has 0 heterocycles. The van der Waals surface area contributed by atoms with Crippen LogP contribution >= 0.6 is 0 Å². The number of carbonyl (C=O) groups excluding carboxylic acids is 3. The largest absolute Gasteiger partial charge is 0.462 e. The summed E-state index contributed by atoms with van der Waals surface area (Å²) in [5.74, 6) is -0.863. The average molecular weight is 1100 g/mol. The van der Waals surface area contributed by atoms with E-state index in [1.807, 2.05) is 0 Å². The summed E-state index contributed by atoms with van der Waals surface area (Å²) in [6, 6.07) is 0. The summed E-state index contributed by atoms with van der Waals surface area (Å²) in [5, 5.41) is 0. The van der Waals surface area contributed by atoms with E-state index in [4.69, 9.17) is 14.2 Å². The Hall–Kier alpha value is -2.11. The highest BCUT2D eigenvalue weighted by Crippen LogP contribution is 2.19. The molecular weight excluding hydrogens is 961 g/mol. The minimum atomic E-state index is -0.777. The zero-order chi connectivity index (χ0) is 56.4. The van der Waals surface area contributed by atoms with Crippen LogP contribution in [-0.4, -0.2) is 37.2 Å². The standard InChI is InChI=1S/C72H136O6/c1-4-7-10-13-16-19-22-25-27-29-30-31-32-33-34-35-36-37-38-39-40-41-42-43-45-47-50-53-56-59-62-65-71(74)77-68-69(67-76-70(73)64-61-58-55-52-49-46-24-21-18-15-12-9-6-3)78-72(75)66-63-60-57-54-51-48-44-28-26-23-20-17-14-11-8-5-2/h21,24,28,44,69H,4-20,22-23,25-27,29-43,45-68H2,1-3H3/b24-21-,44-28-. The third-order valence-electron chi connectivity index (χ3n) is 16.2. The first-order chi connectivity index (χ1) is 38.5. The maximum absolute atomic E-state index is 12.9. The highest BCUT2D eigenvalue weighted by atomic mass is 16.6. The lowest BCUT2D eigenvalue weighted by atomic mass is 10.0. The lowest BCUT2D eigenvalue weighted by Gasteiger charge is -2.18. The Kier molecular flexibility index (Phi) is 65.6. The molecular formula is C72H136O6. The summed E-state index contributed by atoms with van der Waals surface area (Å²) < 4.78 is 16.9. The first kappa shape index (κ1) is 75.9. The van der Waals surface area contributed by atoms with Crippen molar-refractivity contribution in [2.75, 3.05) is 13.2 Å². The Labute approximate surface area is 487 Å². The molecule has 78 heavy (non-hydrogen) atoms. The molecule has 6 heteroatoms. The summed E-state index contributed by atoms with van der Waals surface area (Å²) in [6.07, 6.45) is 82.3. The molecule has 0 aliphatic heterocycles. The van der Waals surface area contributed by atoms with Gasteiger partial charge in [0.05, 0.1) is 0 Å². The molecule has 0 saturated carbocycles. The number of esters is 3. The van der Waals surface area contributed by atoms with Crippen molar-refractivity contribution in [3.63, 3.8) is 0 Å². The van der Waals surface area contributed by atoms with Gasteiger partial charge in [-0.05, 0) is 70.6 Å². The molecule has 0 aliphatic rings. The lowest BCUT2D eigenvalue weighted by molar-refractivity contribution is -0.167. The lowest BCUT2D eigenvalue weighted by Crippen LogP contribution is -2.30. The molecule has 0 aromatic carbocycles. The van der Waals surface area contributed by atoms with Gasteiger partial charge in [0.2, 0.25) is 0 Å². The molecule has 0 spiro atoms. The number of ether oxygens (including phenoxy) is 3. The summed E-state index contributed by atoms with van der Waals surface area (Å²) in [5.41, 5.74) is 0. The van der Waals surface area contributed by atoms with Crippen LogP contribution < -0.4 is 0 Å². The predicted octanol–water partition coefficient (Wildman–Crippen LogP) is 24.2. The molecule has 460 valence electrons. The van der Waals surface area contributed by atoms with Gasteiger partial charge in [-0.2, -0.15) is 0 Å². The molecule has 0 fully saturated rings. The van der Waals surface area contributed by atoms with Crippen molar-refractivity contribution >= 4 is 17.9 Å². The maximum Gasteiger partial charge on any atom is 0.306 e. The Morgan fingerprint density at radius 1 is 0.244 bits per heavy atom. The summed E-state index contributed by atoms with van der Waals surface area (Å²) in [6.45, 7) is 6.68. The van der Waals surface area contributed by atoms with E-state index in [0.29, 0.717) is 19.3 Å².